The first-order valence-electron chi connectivity index (χ1n) is 6.03. The van der Waals surface area contributed by atoms with Crippen molar-refractivity contribution in [1.29, 1.82) is 0 Å². The number of anilines is 1. The van der Waals surface area contributed by atoms with Crippen molar-refractivity contribution in [1.82, 2.24) is 4.98 Å². The summed E-state index contributed by atoms with van der Waals surface area (Å²) in [4.78, 5) is 15.5. The van der Waals surface area contributed by atoms with Crippen LogP contribution < -0.4 is 10.1 Å². The molecule has 8 heteroatoms. The number of phenolic OH excluding ortho intramolecular Hbond substituents is 1. The van der Waals surface area contributed by atoms with Crippen molar-refractivity contribution >= 4 is 11.6 Å². The second-order valence-corrected chi connectivity index (χ2v) is 4.23. The molecule has 0 aliphatic rings. The van der Waals surface area contributed by atoms with Crippen molar-refractivity contribution in [2.45, 2.75) is 6.18 Å². The number of hydrogen-bond donors (Lipinski definition) is 2. The Balaban J connectivity index is 2.35. The van der Waals surface area contributed by atoms with Gasteiger partial charge in [-0.05, 0) is 24.3 Å². The average molecular weight is 312 g/mol. The number of amides is 1. The molecule has 0 unspecified atom stereocenters. The molecule has 2 N–H and O–H groups in total. The minimum Gasteiger partial charge on any atom is -0.506 e. The molecule has 2 aromatic rings. The summed E-state index contributed by atoms with van der Waals surface area (Å²) in [6.07, 6.45) is -3.63. The molecule has 0 spiro atoms. The van der Waals surface area contributed by atoms with E-state index < -0.39 is 23.3 Å². The predicted molar refractivity (Wildman–Crippen MR) is 71.9 cm³/mol. The van der Waals surface area contributed by atoms with Crippen molar-refractivity contribution < 1.29 is 27.8 Å². The second kappa shape index (κ2) is 5.92. The number of aromatic nitrogens is 1. The van der Waals surface area contributed by atoms with Crippen LogP contribution in [0.3, 0.4) is 0 Å². The van der Waals surface area contributed by atoms with Crippen LogP contribution in [0.25, 0.3) is 0 Å². The summed E-state index contributed by atoms with van der Waals surface area (Å²) in [5.41, 5.74) is -2.02. The number of carbonyl (C=O) groups excluding carboxylic acids is 1. The molecule has 0 saturated carbocycles. The number of phenols is 1. The lowest BCUT2D eigenvalue weighted by molar-refractivity contribution is -0.138. The van der Waals surface area contributed by atoms with Crippen LogP contribution in [0.1, 0.15) is 16.1 Å². The van der Waals surface area contributed by atoms with Crippen molar-refractivity contribution in [3.8, 4) is 11.5 Å². The third kappa shape index (κ3) is 3.27. The summed E-state index contributed by atoms with van der Waals surface area (Å²) in [5.74, 6) is -1.07. The van der Waals surface area contributed by atoms with E-state index in [-0.39, 0.29) is 11.4 Å². The first-order chi connectivity index (χ1) is 10.3. The summed E-state index contributed by atoms with van der Waals surface area (Å²) in [6.45, 7) is 0. The third-order valence-electron chi connectivity index (χ3n) is 2.78. The molecule has 1 amide bonds. The highest BCUT2D eigenvalue weighted by Gasteiger charge is 2.36. The number of methoxy groups -OCH3 is 1. The van der Waals surface area contributed by atoms with Gasteiger partial charge in [0.1, 0.15) is 17.2 Å². The summed E-state index contributed by atoms with van der Waals surface area (Å²) in [7, 11) is 1.37. The van der Waals surface area contributed by atoms with E-state index in [4.69, 9.17) is 4.74 Å². The van der Waals surface area contributed by atoms with E-state index in [0.717, 1.165) is 18.3 Å². The Bertz CT molecular complexity index is 702. The number of benzene rings is 1. The highest BCUT2D eigenvalue weighted by Crippen LogP contribution is 2.32. The van der Waals surface area contributed by atoms with E-state index in [9.17, 15) is 23.1 Å². The van der Waals surface area contributed by atoms with Crippen LogP contribution in [0.5, 0.6) is 11.5 Å². The summed E-state index contributed by atoms with van der Waals surface area (Å²) in [6, 6.07) is 5.81. The Morgan fingerprint density at radius 3 is 2.68 bits per heavy atom. The lowest BCUT2D eigenvalue weighted by Crippen LogP contribution is -2.20. The number of rotatable bonds is 3. The monoisotopic (exact) mass is 312 g/mol. The van der Waals surface area contributed by atoms with Gasteiger partial charge in [0.25, 0.3) is 5.91 Å². The van der Waals surface area contributed by atoms with Gasteiger partial charge < -0.3 is 15.2 Å². The zero-order chi connectivity index (χ0) is 16.3. The zero-order valence-electron chi connectivity index (χ0n) is 11.3. The molecular weight excluding hydrogens is 301 g/mol. The molecule has 0 radical (unpaired) electrons. The molecule has 0 atom stereocenters. The van der Waals surface area contributed by atoms with Crippen molar-refractivity contribution in [2.75, 3.05) is 12.4 Å². The number of nitrogens with one attached hydrogen (secondary N) is 1. The van der Waals surface area contributed by atoms with Crippen LogP contribution in [0.2, 0.25) is 0 Å². The molecule has 0 aliphatic heterocycles. The van der Waals surface area contributed by atoms with Crippen LogP contribution in [0.15, 0.2) is 36.5 Å². The maximum atomic E-state index is 12.9. The van der Waals surface area contributed by atoms with Crippen LogP contribution >= 0.6 is 0 Å². The molecule has 5 nitrogen and oxygen atoms in total. The number of carbonyl (C=O) groups is 1. The molecule has 0 bridgehead atoms. The van der Waals surface area contributed by atoms with Gasteiger partial charge in [-0.15, -0.1) is 0 Å². The quantitative estimate of drug-likeness (QED) is 0.855. The van der Waals surface area contributed by atoms with Gasteiger partial charge >= 0.3 is 6.18 Å². The third-order valence-corrected chi connectivity index (χ3v) is 2.78. The minimum atomic E-state index is -4.71. The number of ether oxygens (including phenoxy) is 1. The minimum absolute atomic E-state index is 0.0804. The fourth-order valence-corrected chi connectivity index (χ4v) is 1.74. The fourth-order valence-electron chi connectivity index (χ4n) is 1.74. The number of halogens is 3. The van der Waals surface area contributed by atoms with Gasteiger partial charge in [0.15, 0.2) is 0 Å². The summed E-state index contributed by atoms with van der Waals surface area (Å²) < 4.78 is 43.5. The van der Waals surface area contributed by atoms with E-state index in [0.29, 0.717) is 5.75 Å². The van der Waals surface area contributed by atoms with Gasteiger partial charge in [-0.3, -0.25) is 9.78 Å². The second-order valence-electron chi connectivity index (χ2n) is 4.23. The molecule has 1 aromatic carbocycles. The molecule has 0 aliphatic carbocycles. The molecular formula is C14H11F3N2O3. The van der Waals surface area contributed by atoms with Gasteiger partial charge in [-0.1, -0.05) is 0 Å². The standard InChI is InChI=1S/C14H11F3N2O3/c1-22-8-4-5-11(20)10(7-8)19-13(21)12-9(14(15,16)17)3-2-6-18-12/h2-7,20H,1H3,(H,19,21). The lowest BCUT2D eigenvalue weighted by atomic mass is 10.1. The topological polar surface area (TPSA) is 71.5 Å². The van der Waals surface area contributed by atoms with Crippen molar-refractivity contribution in [3.05, 3.63) is 47.8 Å². The zero-order valence-corrected chi connectivity index (χ0v) is 11.3. The highest BCUT2D eigenvalue weighted by atomic mass is 19.4. The van der Waals surface area contributed by atoms with E-state index in [1.165, 1.54) is 25.3 Å². The fraction of sp³-hybridized carbons (Fsp3) is 0.143. The Morgan fingerprint density at radius 1 is 1.32 bits per heavy atom. The van der Waals surface area contributed by atoms with Crippen LogP contribution in [0.4, 0.5) is 18.9 Å². The van der Waals surface area contributed by atoms with Gasteiger partial charge in [-0.25, -0.2) is 0 Å². The molecule has 0 fully saturated rings. The Hall–Kier alpha value is -2.77. The largest absolute Gasteiger partial charge is 0.506 e. The SMILES string of the molecule is COc1ccc(O)c(NC(=O)c2ncccc2C(F)(F)F)c1. The number of aromatic hydroxyl groups is 1. The smallest absolute Gasteiger partial charge is 0.418 e. The predicted octanol–water partition coefficient (Wildman–Crippen LogP) is 3.07. The summed E-state index contributed by atoms with van der Waals surface area (Å²) >= 11 is 0. The van der Waals surface area contributed by atoms with Crippen molar-refractivity contribution in [2.24, 2.45) is 0 Å². The molecule has 1 heterocycles. The van der Waals surface area contributed by atoms with Crippen LogP contribution in [-0.4, -0.2) is 23.1 Å². The van der Waals surface area contributed by atoms with Crippen LogP contribution in [0, 0.1) is 0 Å². The highest BCUT2D eigenvalue weighted by molar-refractivity contribution is 6.04. The van der Waals surface area contributed by atoms with E-state index in [1.807, 2.05) is 0 Å². The van der Waals surface area contributed by atoms with E-state index in [1.54, 1.807) is 0 Å². The molecule has 1 aromatic heterocycles. The van der Waals surface area contributed by atoms with Gasteiger partial charge in [0, 0.05) is 12.3 Å². The normalized spacial score (nSPS) is 11.1. The van der Waals surface area contributed by atoms with Gasteiger partial charge in [-0.2, -0.15) is 13.2 Å². The van der Waals surface area contributed by atoms with Gasteiger partial charge in [0.2, 0.25) is 0 Å². The Morgan fingerprint density at radius 2 is 2.05 bits per heavy atom. The number of alkyl halides is 3. The maximum Gasteiger partial charge on any atom is 0.418 e. The first kappa shape index (κ1) is 15.6. The number of nitrogens with zero attached hydrogens (tertiary/aromatic N) is 1. The lowest BCUT2D eigenvalue weighted by Gasteiger charge is -2.12. The molecule has 0 saturated heterocycles. The average Bonchev–Trinajstić information content (AvgIpc) is 2.48. The van der Waals surface area contributed by atoms with Gasteiger partial charge in [0.05, 0.1) is 18.4 Å². The van der Waals surface area contributed by atoms with E-state index in [2.05, 4.69) is 10.3 Å². The van der Waals surface area contributed by atoms with Crippen molar-refractivity contribution in [3.63, 3.8) is 0 Å². The van der Waals surface area contributed by atoms with Crippen LogP contribution in [-0.2, 0) is 6.18 Å². The Kier molecular flexibility index (Phi) is 4.20. The molecule has 22 heavy (non-hydrogen) atoms. The van der Waals surface area contributed by atoms with E-state index >= 15 is 0 Å². The molecule has 2 rings (SSSR count). The summed E-state index contributed by atoms with van der Waals surface area (Å²) in [5, 5.41) is 11.8. The number of hydrogen-bond acceptors (Lipinski definition) is 4. The number of pyridine rings is 1. The molecule has 116 valence electrons. The Labute approximate surface area is 123 Å². The first-order valence-corrected chi connectivity index (χ1v) is 6.03. The maximum absolute atomic E-state index is 12.9.